The molecule has 2 heterocycles. The summed E-state index contributed by atoms with van der Waals surface area (Å²) in [5.41, 5.74) is 4.06. The molecule has 0 radical (unpaired) electrons. The van der Waals surface area contributed by atoms with Crippen LogP contribution in [0.25, 0.3) is 22.2 Å². The number of rotatable bonds is 4. The minimum atomic E-state index is -0.251. The Hall–Kier alpha value is -2.66. The third kappa shape index (κ3) is 3.74. The number of halogens is 1. The topological polar surface area (TPSA) is 48.1 Å². The van der Waals surface area contributed by atoms with Crippen molar-refractivity contribution >= 4 is 16.8 Å². The Bertz CT molecular complexity index is 948. The number of benzene rings is 2. The Balaban J connectivity index is 1.61. The van der Waals surface area contributed by atoms with Gasteiger partial charge in [-0.25, -0.2) is 4.39 Å². The number of H-pyrrole nitrogens is 1. The lowest BCUT2D eigenvalue weighted by atomic mass is 10.0. The first-order chi connectivity index (χ1) is 13.1. The van der Waals surface area contributed by atoms with Crippen LogP contribution in [0.3, 0.4) is 0 Å². The average molecular weight is 365 g/mol. The van der Waals surface area contributed by atoms with Crippen molar-refractivity contribution in [1.29, 1.82) is 0 Å². The predicted molar refractivity (Wildman–Crippen MR) is 106 cm³/mol. The van der Waals surface area contributed by atoms with Crippen LogP contribution in [0, 0.1) is 5.82 Å². The van der Waals surface area contributed by atoms with Gasteiger partial charge in [-0.1, -0.05) is 18.2 Å². The highest BCUT2D eigenvalue weighted by Crippen LogP contribution is 2.31. The molecule has 4 rings (SSSR count). The maximum atomic E-state index is 13.3. The van der Waals surface area contributed by atoms with Crippen molar-refractivity contribution in [2.45, 2.75) is 25.8 Å². The molecular weight excluding hydrogens is 341 g/mol. The van der Waals surface area contributed by atoms with Crippen LogP contribution >= 0.6 is 0 Å². The molecule has 140 valence electrons. The normalized spacial score (nSPS) is 17.4. The van der Waals surface area contributed by atoms with E-state index in [0.29, 0.717) is 18.9 Å². The zero-order valence-corrected chi connectivity index (χ0v) is 15.5. The zero-order chi connectivity index (χ0) is 18.8. The molecule has 2 N–H and O–H groups in total. The van der Waals surface area contributed by atoms with Gasteiger partial charge in [0.05, 0.1) is 0 Å². The fraction of sp³-hybridized carbons (Fsp3) is 0.318. The van der Waals surface area contributed by atoms with Crippen molar-refractivity contribution in [3.05, 3.63) is 59.9 Å². The van der Waals surface area contributed by atoms with E-state index in [1.165, 1.54) is 12.1 Å². The number of aromatic amines is 1. The first-order valence-corrected chi connectivity index (χ1v) is 9.48. The van der Waals surface area contributed by atoms with E-state index in [1.54, 1.807) is 12.1 Å². The molecule has 0 aliphatic carbocycles. The van der Waals surface area contributed by atoms with E-state index < -0.39 is 0 Å². The summed E-state index contributed by atoms with van der Waals surface area (Å²) in [5.74, 6) is -0.0573. The number of carbonyl (C=O) groups excluding carboxylic acids is 1. The lowest BCUT2D eigenvalue weighted by molar-refractivity contribution is -0.132. The maximum absolute atomic E-state index is 13.3. The molecule has 0 spiro atoms. The number of nitrogens with one attached hydrogen (secondary N) is 2. The van der Waals surface area contributed by atoms with Crippen molar-refractivity contribution in [3.8, 4) is 11.3 Å². The molecule has 27 heavy (non-hydrogen) atoms. The Morgan fingerprint density at radius 1 is 1.19 bits per heavy atom. The third-order valence-electron chi connectivity index (χ3n) is 5.26. The minimum Gasteiger partial charge on any atom is -0.354 e. The molecule has 1 saturated heterocycles. The summed E-state index contributed by atoms with van der Waals surface area (Å²) in [7, 11) is 0. The molecule has 0 bridgehead atoms. The molecule has 4 nitrogen and oxygen atoms in total. The Morgan fingerprint density at radius 3 is 2.74 bits per heavy atom. The highest BCUT2D eigenvalue weighted by Gasteiger charge is 2.21. The first kappa shape index (κ1) is 17.7. The lowest BCUT2D eigenvalue weighted by Gasteiger charge is -2.32. The molecule has 0 saturated carbocycles. The Morgan fingerprint density at radius 2 is 1.96 bits per heavy atom. The number of aromatic nitrogens is 1. The number of hydrogen-bond donors (Lipinski definition) is 2. The number of nitrogens with zero attached hydrogens (tertiary/aromatic N) is 1. The number of aryl methyl sites for hydroxylation is 1. The number of amides is 1. The van der Waals surface area contributed by atoms with Crippen LogP contribution < -0.4 is 5.32 Å². The lowest BCUT2D eigenvalue weighted by Crippen LogP contribution is -2.51. The zero-order valence-electron chi connectivity index (χ0n) is 15.5. The molecule has 1 aliphatic rings. The van der Waals surface area contributed by atoms with Gasteiger partial charge in [-0.3, -0.25) is 4.79 Å². The fourth-order valence-corrected chi connectivity index (χ4v) is 3.87. The first-order valence-electron chi connectivity index (χ1n) is 9.48. The van der Waals surface area contributed by atoms with Crippen molar-refractivity contribution < 1.29 is 9.18 Å². The van der Waals surface area contributed by atoms with E-state index in [2.05, 4.69) is 23.3 Å². The molecule has 1 fully saturated rings. The minimum absolute atomic E-state index is 0.193. The van der Waals surface area contributed by atoms with E-state index in [-0.39, 0.29) is 11.7 Å². The van der Waals surface area contributed by atoms with Crippen LogP contribution in [-0.2, 0) is 11.2 Å². The van der Waals surface area contributed by atoms with Crippen LogP contribution in [0.5, 0.6) is 0 Å². The number of fused-ring (bicyclic) bond motifs is 1. The molecule has 1 amide bonds. The van der Waals surface area contributed by atoms with Crippen molar-refractivity contribution in [2.75, 3.05) is 19.6 Å². The highest BCUT2D eigenvalue weighted by molar-refractivity contribution is 5.91. The second-order valence-electron chi connectivity index (χ2n) is 7.23. The van der Waals surface area contributed by atoms with Gasteiger partial charge in [-0.2, -0.15) is 0 Å². The quantitative estimate of drug-likeness (QED) is 0.740. The van der Waals surface area contributed by atoms with Crippen LogP contribution in [0.2, 0.25) is 0 Å². The summed E-state index contributed by atoms with van der Waals surface area (Å²) in [6.07, 6.45) is 1.14. The van der Waals surface area contributed by atoms with Gasteiger partial charge in [0, 0.05) is 48.7 Å². The van der Waals surface area contributed by atoms with Gasteiger partial charge >= 0.3 is 0 Å². The second kappa shape index (κ2) is 7.53. The van der Waals surface area contributed by atoms with Crippen LogP contribution in [-0.4, -0.2) is 41.5 Å². The van der Waals surface area contributed by atoms with Gasteiger partial charge in [0.2, 0.25) is 5.91 Å². The molecule has 3 aromatic rings. The van der Waals surface area contributed by atoms with E-state index in [9.17, 15) is 9.18 Å². The summed E-state index contributed by atoms with van der Waals surface area (Å²) in [4.78, 5) is 18.1. The average Bonchev–Trinajstić information content (AvgIpc) is 3.05. The maximum Gasteiger partial charge on any atom is 0.222 e. The van der Waals surface area contributed by atoms with Crippen LogP contribution in [0.15, 0.2) is 48.5 Å². The van der Waals surface area contributed by atoms with Crippen LogP contribution in [0.4, 0.5) is 4.39 Å². The smallest absolute Gasteiger partial charge is 0.222 e. The van der Waals surface area contributed by atoms with Crippen molar-refractivity contribution in [1.82, 2.24) is 15.2 Å². The largest absolute Gasteiger partial charge is 0.354 e. The number of carbonyl (C=O) groups is 1. The van der Waals surface area contributed by atoms with Crippen molar-refractivity contribution in [2.24, 2.45) is 0 Å². The SMILES string of the molecule is C[C@@H]1CN(C(=O)CCc2c(-c3ccc(F)cc3)[nH]c3ccccc23)CCN1. The summed E-state index contributed by atoms with van der Waals surface area (Å²) in [5, 5.41) is 4.49. The van der Waals surface area contributed by atoms with Crippen LogP contribution in [0.1, 0.15) is 18.9 Å². The molecule has 1 atom stereocenters. The molecule has 5 heteroatoms. The van der Waals surface area contributed by atoms with Gasteiger partial charge in [0.15, 0.2) is 0 Å². The summed E-state index contributed by atoms with van der Waals surface area (Å²) in [6, 6.07) is 14.9. The standard InChI is InChI=1S/C22H24FN3O/c1-15-14-26(13-12-24-15)21(27)11-10-19-18-4-2-3-5-20(18)25-22(19)16-6-8-17(23)9-7-16/h2-9,15,24-25H,10-14H2,1H3/t15-/m1/s1. The second-order valence-corrected chi connectivity index (χ2v) is 7.23. The van der Waals surface area contributed by atoms with E-state index in [0.717, 1.165) is 47.4 Å². The molecule has 2 aromatic carbocycles. The van der Waals surface area contributed by atoms with Gasteiger partial charge in [0.1, 0.15) is 5.82 Å². The Kier molecular flexibility index (Phi) is 4.94. The monoisotopic (exact) mass is 365 g/mol. The summed E-state index contributed by atoms with van der Waals surface area (Å²) < 4.78 is 13.3. The van der Waals surface area contributed by atoms with Gasteiger partial charge < -0.3 is 15.2 Å². The van der Waals surface area contributed by atoms with E-state index in [1.807, 2.05) is 23.1 Å². The van der Waals surface area contributed by atoms with E-state index >= 15 is 0 Å². The van der Waals surface area contributed by atoms with Gasteiger partial charge in [-0.05, 0) is 54.8 Å². The molecule has 1 aliphatic heterocycles. The van der Waals surface area contributed by atoms with Crippen molar-refractivity contribution in [3.63, 3.8) is 0 Å². The molecular formula is C22H24FN3O. The number of para-hydroxylation sites is 1. The molecule has 0 unspecified atom stereocenters. The summed E-state index contributed by atoms with van der Waals surface area (Å²) in [6.45, 7) is 4.48. The predicted octanol–water partition coefficient (Wildman–Crippen LogP) is 3.73. The highest BCUT2D eigenvalue weighted by atomic mass is 19.1. The van der Waals surface area contributed by atoms with E-state index in [4.69, 9.17) is 0 Å². The fourth-order valence-electron chi connectivity index (χ4n) is 3.87. The number of piperazine rings is 1. The molecule has 1 aromatic heterocycles. The van der Waals surface area contributed by atoms with Gasteiger partial charge in [-0.15, -0.1) is 0 Å². The summed E-state index contributed by atoms with van der Waals surface area (Å²) >= 11 is 0. The third-order valence-corrected chi connectivity index (χ3v) is 5.26. The Labute approximate surface area is 158 Å². The number of hydrogen-bond acceptors (Lipinski definition) is 2. The van der Waals surface area contributed by atoms with Gasteiger partial charge in [0.25, 0.3) is 0 Å².